The van der Waals surface area contributed by atoms with E-state index in [1.807, 2.05) is 24.4 Å². The quantitative estimate of drug-likeness (QED) is 0.117. The summed E-state index contributed by atoms with van der Waals surface area (Å²) in [6.07, 6.45) is 11.2. The summed E-state index contributed by atoms with van der Waals surface area (Å²) in [7, 11) is 0. The number of fused-ring (bicyclic) bond motifs is 6. The molecule has 6 nitrogen and oxygen atoms in total. The van der Waals surface area contributed by atoms with Crippen molar-refractivity contribution in [2.24, 2.45) is 0 Å². The van der Waals surface area contributed by atoms with Crippen molar-refractivity contribution in [2.75, 3.05) is 9.80 Å². The first-order valence-electron chi connectivity index (χ1n) is 24.3. The molecule has 0 saturated carbocycles. The van der Waals surface area contributed by atoms with Crippen LogP contribution >= 0.6 is 0 Å². The van der Waals surface area contributed by atoms with E-state index in [1.54, 1.807) is 0 Å². The van der Waals surface area contributed by atoms with E-state index < -0.39 is 0 Å². The van der Waals surface area contributed by atoms with Gasteiger partial charge in [-0.2, -0.15) is 12.1 Å². The molecule has 0 radical (unpaired) electrons. The van der Waals surface area contributed by atoms with E-state index in [0.717, 1.165) is 56.9 Å². The third-order valence-corrected chi connectivity index (χ3v) is 14.8. The molecule has 4 aliphatic rings. The summed E-state index contributed by atoms with van der Waals surface area (Å²) in [4.78, 5) is 11.9. The Kier molecular flexibility index (Phi) is 11.2. The zero-order valence-corrected chi connectivity index (χ0v) is 43.0. The van der Waals surface area contributed by atoms with Gasteiger partial charge in [-0.1, -0.05) is 157 Å². The number of pyridine rings is 1. The molecule has 0 unspecified atom stereocenters. The van der Waals surface area contributed by atoms with Crippen LogP contribution in [-0.4, -0.2) is 21.2 Å². The summed E-state index contributed by atoms with van der Waals surface area (Å²) in [6.45, 7) is 18.6. The maximum atomic E-state index is 6.72. The Balaban J connectivity index is 0.00000533. The normalized spacial score (nSPS) is 16.8. The molecule has 6 aromatic carbocycles. The zero-order valence-electron chi connectivity index (χ0n) is 40.8. The van der Waals surface area contributed by atoms with Crippen LogP contribution in [0.15, 0.2) is 182 Å². The van der Waals surface area contributed by atoms with Gasteiger partial charge in [0.1, 0.15) is 5.82 Å². The number of anilines is 3. The summed E-state index contributed by atoms with van der Waals surface area (Å²) in [5.74, 6) is 7.80. The van der Waals surface area contributed by atoms with Crippen molar-refractivity contribution in [3.8, 4) is 17.3 Å². The van der Waals surface area contributed by atoms with Gasteiger partial charge in [0.25, 0.3) is 0 Å². The second kappa shape index (κ2) is 17.2. The summed E-state index contributed by atoms with van der Waals surface area (Å²) in [6, 6.07) is 56.9. The van der Waals surface area contributed by atoms with Gasteiger partial charge in [-0.3, -0.25) is 0 Å². The average Bonchev–Trinajstić information content (AvgIpc) is 3.91. The van der Waals surface area contributed by atoms with Crippen LogP contribution in [0.3, 0.4) is 0 Å². The molecule has 5 heterocycles. The van der Waals surface area contributed by atoms with E-state index >= 15 is 0 Å². The molecular formula is C62H55BN5OPt-3. The molecular weight excluding hydrogens is 1040 g/mol. The number of para-hydroxylation sites is 3. The van der Waals surface area contributed by atoms with Crippen LogP contribution in [0.25, 0.3) is 38.8 Å². The van der Waals surface area contributed by atoms with Gasteiger partial charge >= 0.3 is 6.85 Å². The van der Waals surface area contributed by atoms with Gasteiger partial charge in [-0.05, 0) is 98.2 Å². The minimum atomic E-state index is -0.0287. The van der Waals surface area contributed by atoms with Crippen LogP contribution < -0.4 is 14.5 Å². The van der Waals surface area contributed by atoms with E-state index in [0.29, 0.717) is 11.5 Å². The molecule has 3 aliphatic heterocycles. The molecule has 0 atom stereocenters. The van der Waals surface area contributed by atoms with Crippen molar-refractivity contribution in [2.45, 2.75) is 77.6 Å². The predicted molar refractivity (Wildman–Crippen MR) is 286 cm³/mol. The maximum absolute atomic E-state index is 6.72. The Morgan fingerprint density at radius 2 is 1.37 bits per heavy atom. The minimum Gasteiger partial charge on any atom is -0.509 e. The van der Waals surface area contributed by atoms with Gasteiger partial charge in [0.05, 0.1) is 5.82 Å². The summed E-state index contributed by atoms with van der Waals surface area (Å²) < 4.78 is 8.92. The number of rotatable bonds is 7. The van der Waals surface area contributed by atoms with Gasteiger partial charge < -0.3 is 23.9 Å². The zero-order chi connectivity index (χ0) is 47.2. The first-order valence-corrected chi connectivity index (χ1v) is 24.3. The Morgan fingerprint density at radius 3 is 2.17 bits per heavy atom. The van der Waals surface area contributed by atoms with Crippen molar-refractivity contribution in [3.63, 3.8) is 0 Å². The minimum absolute atomic E-state index is 0. The smallest absolute Gasteiger partial charge is 0.314 e. The van der Waals surface area contributed by atoms with Crippen molar-refractivity contribution >= 4 is 56.9 Å². The third-order valence-electron chi connectivity index (χ3n) is 14.8. The van der Waals surface area contributed by atoms with Crippen molar-refractivity contribution in [1.82, 2.24) is 14.4 Å². The van der Waals surface area contributed by atoms with Crippen LogP contribution in [0.2, 0.25) is 0 Å². The summed E-state index contributed by atoms with van der Waals surface area (Å²) in [5.41, 5.74) is 14.0. The average molecular weight is 1090 g/mol. The number of nitrogens with zero attached hydrogens (tertiary/aromatic N) is 5. The van der Waals surface area contributed by atoms with Gasteiger partial charge in [0, 0.05) is 67.4 Å². The van der Waals surface area contributed by atoms with Crippen LogP contribution in [0.5, 0.6) is 11.5 Å². The molecule has 0 fully saturated rings. The summed E-state index contributed by atoms with van der Waals surface area (Å²) in [5, 5.41) is 2.23. The predicted octanol–water partition coefficient (Wildman–Crippen LogP) is 15.2. The van der Waals surface area contributed by atoms with Crippen LogP contribution in [0.1, 0.15) is 89.1 Å². The van der Waals surface area contributed by atoms with E-state index in [1.165, 1.54) is 45.4 Å². The van der Waals surface area contributed by atoms with Gasteiger partial charge in [0.2, 0.25) is 0 Å². The molecule has 0 N–H and O–H groups in total. The molecule has 2 aromatic heterocycles. The van der Waals surface area contributed by atoms with Crippen LogP contribution in [0.4, 0.5) is 17.1 Å². The van der Waals surface area contributed by atoms with Crippen molar-refractivity contribution in [1.29, 1.82) is 0 Å². The number of aromatic nitrogens is 2. The van der Waals surface area contributed by atoms with Crippen molar-refractivity contribution in [3.05, 3.63) is 228 Å². The van der Waals surface area contributed by atoms with E-state index in [-0.39, 0.29) is 44.2 Å². The second-order valence-corrected chi connectivity index (χ2v) is 21.3. The first-order chi connectivity index (χ1) is 33.3. The largest absolute Gasteiger partial charge is 0.509 e. The van der Waals surface area contributed by atoms with Crippen molar-refractivity contribution < 1.29 is 25.8 Å². The van der Waals surface area contributed by atoms with Gasteiger partial charge in [-0.15, -0.1) is 48.1 Å². The first kappa shape index (κ1) is 45.6. The maximum Gasteiger partial charge on any atom is 0.314 e. The fraction of sp³-hybridized carbons (Fsp3) is 0.194. The standard InChI is InChI=1S/C62H55BN5O.Pt/c1-60(2,3)45-30-35-64-58(37-45)68-54-21-12-11-20-50(54)51-26-25-48(39-57(51)68)69-47-19-15-18-46(38-47)65-41-66(56-23-14-13-22-55(56)65)59-49(43-24-27-52-53(36-43)62(6,7)32-31-61(52,4)5)29-34-63-33-28-44(40-67(59)63)42-16-9-8-10-17-42;/h8-30,33-37,40-41H,31-32H2,1-7H3;/q-3;. The fourth-order valence-electron chi connectivity index (χ4n) is 10.8. The number of hydrogen-bond donors (Lipinski definition) is 0. The van der Waals surface area contributed by atoms with Gasteiger partial charge in [-0.25, -0.2) is 4.98 Å². The van der Waals surface area contributed by atoms with E-state index in [2.05, 4.69) is 238 Å². The Hall–Kier alpha value is -6.82. The molecule has 1 aliphatic carbocycles. The molecule has 8 heteroatoms. The molecule has 0 saturated heterocycles. The molecule has 12 rings (SSSR count). The van der Waals surface area contributed by atoms with Gasteiger partial charge in [0.15, 0.2) is 0 Å². The molecule has 350 valence electrons. The Morgan fingerprint density at radius 1 is 0.657 bits per heavy atom. The Labute approximate surface area is 427 Å². The fourth-order valence-corrected chi connectivity index (χ4v) is 10.8. The molecule has 0 spiro atoms. The monoisotopic (exact) mass is 1090 g/mol. The van der Waals surface area contributed by atoms with Crippen LogP contribution in [0, 0.1) is 18.8 Å². The van der Waals surface area contributed by atoms with Crippen LogP contribution in [-0.2, 0) is 37.3 Å². The molecule has 70 heavy (non-hydrogen) atoms. The summed E-state index contributed by atoms with van der Waals surface area (Å²) >= 11 is 0. The van der Waals surface area contributed by atoms with E-state index in [9.17, 15) is 0 Å². The topological polar surface area (TPSA) is 36.8 Å². The number of hydrogen-bond acceptors (Lipinski definition) is 5. The number of ether oxygens (including phenoxy) is 1. The second-order valence-electron chi connectivity index (χ2n) is 21.3. The molecule has 0 amide bonds. The third kappa shape index (κ3) is 7.83. The molecule has 8 aromatic rings. The molecule has 0 bridgehead atoms. The number of allylic oxidation sites excluding steroid dienone is 4. The number of benzene rings is 6. The Bertz CT molecular complexity index is 3480. The SMILES string of the molecule is CC(C)(C)c1ccnc(-n2c3[c-]c(Oc4[c-]c(N5[CH-]N(C6=C(c7ccc8c(c7)C(C)(C)CCC8(C)C)C=CB7C=CC(c8ccccc8)=CN76)c6ccccc65)ccc4)ccc3c3ccccc32)c1.[Pt]. The van der Waals surface area contributed by atoms with E-state index in [4.69, 9.17) is 9.72 Å².